The molecular weight excluding hydrogens is 307 g/mol. The van der Waals surface area contributed by atoms with Gasteiger partial charge in [-0.2, -0.15) is 0 Å². The van der Waals surface area contributed by atoms with Gasteiger partial charge in [0.05, 0.1) is 0 Å². The molecular formula is C22H18BO2. The highest BCUT2D eigenvalue weighted by Crippen LogP contribution is 2.31. The first-order valence-corrected chi connectivity index (χ1v) is 8.36. The van der Waals surface area contributed by atoms with Crippen LogP contribution in [0.4, 0.5) is 0 Å². The maximum Gasteiger partial charge on any atom is 0.658 e. The zero-order valence-corrected chi connectivity index (χ0v) is 14.3. The van der Waals surface area contributed by atoms with E-state index in [2.05, 4.69) is 48.5 Å². The lowest BCUT2D eigenvalue weighted by Crippen LogP contribution is -2.12. The highest BCUT2D eigenvalue weighted by atomic mass is 16.6. The molecule has 121 valence electrons. The third-order valence-corrected chi connectivity index (χ3v) is 4.48. The van der Waals surface area contributed by atoms with E-state index in [1.807, 2.05) is 38.1 Å². The van der Waals surface area contributed by atoms with Gasteiger partial charge in [-0.05, 0) is 35.7 Å². The highest BCUT2D eigenvalue weighted by molar-refractivity contribution is 6.22. The molecule has 0 saturated heterocycles. The second kappa shape index (κ2) is 6.52. The molecule has 4 rings (SSSR count). The first-order chi connectivity index (χ1) is 12.2. The van der Waals surface area contributed by atoms with Gasteiger partial charge >= 0.3 is 7.69 Å². The van der Waals surface area contributed by atoms with E-state index in [4.69, 9.17) is 9.31 Å². The van der Waals surface area contributed by atoms with Crippen molar-refractivity contribution >= 4 is 29.2 Å². The number of fused-ring (bicyclic) bond motifs is 2. The zero-order chi connectivity index (χ0) is 17.2. The van der Waals surface area contributed by atoms with Gasteiger partial charge in [-0.3, -0.25) is 0 Å². The first-order valence-electron chi connectivity index (χ1n) is 8.36. The standard InChI is InChI=1S/C22H18BO2/c1-15-11-13-17-7-3-5-9-19(17)21(15)24-23-25-22-16(2)12-14-18-8-4-6-10-20(18)22/h3-14H,1-2H3. The van der Waals surface area contributed by atoms with Gasteiger partial charge < -0.3 is 9.31 Å². The molecule has 0 heterocycles. The molecule has 25 heavy (non-hydrogen) atoms. The van der Waals surface area contributed by atoms with Gasteiger partial charge in [0.25, 0.3) is 0 Å². The van der Waals surface area contributed by atoms with Gasteiger partial charge in [-0.15, -0.1) is 0 Å². The van der Waals surface area contributed by atoms with E-state index in [1.54, 1.807) is 0 Å². The Kier molecular flexibility index (Phi) is 4.06. The first kappa shape index (κ1) is 15.6. The average Bonchev–Trinajstić information content (AvgIpc) is 2.65. The maximum atomic E-state index is 5.91. The smallest absolute Gasteiger partial charge is 0.526 e. The predicted octanol–water partition coefficient (Wildman–Crippen LogP) is 5.60. The fourth-order valence-electron chi connectivity index (χ4n) is 3.14. The molecule has 4 aromatic carbocycles. The summed E-state index contributed by atoms with van der Waals surface area (Å²) < 4.78 is 11.8. The van der Waals surface area contributed by atoms with Crippen LogP contribution in [0.25, 0.3) is 21.5 Å². The lowest BCUT2D eigenvalue weighted by atomic mass is 10.0. The third-order valence-electron chi connectivity index (χ3n) is 4.48. The highest BCUT2D eigenvalue weighted by Gasteiger charge is 2.11. The van der Waals surface area contributed by atoms with Crippen molar-refractivity contribution in [3.8, 4) is 11.5 Å². The van der Waals surface area contributed by atoms with E-state index in [1.165, 1.54) is 7.69 Å². The molecule has 0 unspecified atom stereocenters. The van der Waals surface area contributed by atoms with Gasteiger partial charge in [0.15, 0.2) is 0 Å². The van der Waals surface area contributed by atoms with Crippen LogP contribution in [0.1, 0.15) is 11.1 Å². The SMILES string of the molecule is Cc1ccc2ccccc2c1O[B]Oc1c(C)ccc2ccccc12. The minimum absolute atomic E-state index is 0.830. The van der Waals surface area contributed by atoms with Gasteiger partial charge in [0.2, 0.25) is 0 Å². The average molecular weight is 325 g/mol. The molecule has 2 nitrogen and oxygen atoms in total. The molecule has 0 aliphatic carbocycles. The van der Waals surface area contributed by atoms with E-state index < -0.39 is 0 Å². The molecule has 0 aromatic heterocycles. The number of rotatable bonds is 4. The van der Waals surface area contributed by atoms with Crippen molar-refractivity contribution in [3.05, 3.63) is 83.9 Å². The Morgan fingerprint density at radius 3 is 1.48 bits per heavy atom. The molecule has 0 bridgehead atoms. The van der Waals surface area contributed by atoms with E-state index >= 15 is 0 Å². The third kappa shape index (κ3) is 2.94. The monoisotopic (exact) mass is 325 g/mol. The fourth-order valence-corrected chi connectivity index (χ4v) is 3.14. The second-order valence-electron chi connectivity index (χ2n) is 6.20. The van der Waals surface area contributed by atoms with E-state index in [-0.39, 0.29) is 0 Å². The molecule has 3 heteroatoms. The summed E-state index contributed by atoms with van der Waals surface area (Å²) in [6.45, 7) is 4.08. The van der Waals surface area contributed by atoms with Crippen LogP contribution in [0.15, 0.2) is 72.8 Å². The minimum Gasteiger partial charge on any atom is -0.526 e. The molecule has 0 aliphatic rings. The second-order valence-corrected chi connectivity index (χ2v) is 6.20. The Hall–Kier alpha value is -2.94. The summed E-state index contributed by atoms with van der Waals surface area (Å²) in [6, 6.07) is 24.7. The summed E-state index contributed by atoms with van der Waals surface area (Å²) in [6.07, 6.45) is 0. The maximum absolute atomic E-state index is 5.91. The van der Waals surface area contributed by atoms with Crippen LogP contribution in [0.2, 0.25) is 0 Å². The summed E-state index contributed by atoms with van der Waals surface area (Å²) in [4.78, 5) is 0. The summed E-state index contributed by atoms with van der Waals surface area (Å²) >= 11 is 0. The van der Waals surface area contributed by atoms with Gasteiger partial charge in [0.1, 0.15) is 11.5 Å². The molecule has 0 N–H and O–H groups in total. The number of aryl methyl sites for hydroxylation is 2. The van der Waals surface area contributed by atoms with Crippen molar-refractivity contribution < 1.29 is 9.31 Å². The molecule has 4 aromatic rings. The van der Waals surface area contributed by atoms with Crippen LogP contribution < -0.4 is 9.31 Å². The summed E-state index contributed by atoms with van der Waals surface area (Å²) in [5, 5.41) is 4.46. The van der Waals surface area contributed by atoms with Crippen molar-refractivity contribution in [3.63, 3.8) is 0 Å². The van der Waals surface area contributed by atoms with Crippen molar-refractivity contribution in [2.75, 3.05) is 0 Å². The lowest BCUT2D eigenvalue weighted by Gasteiger charge is -2.14. The minimum atomic E-state index is 0.830. The Morgan fingerprint density at radius 1 is 0.560 bits per heavy atom. The molecule has 0 aliphatic heterocycles. The Balaban J connectivity index is 1.62. The number of hydrogen-bond donors (Lipinski definition) is 0. The van der Waals surface area contributed by atoms with Crippen molar-refractivity contribution in [1.29, 1.82) is 0 Å². The van der Waals surface area contributed by atoms with Gasteiger partial charge in [-0.25, -0.2) is 0 Å². The number of benzene rings is 4. The Morgan fingerprint density at radius 2 is 1.00 bits per heavy atom. The van der Waals surface area contributed by atoms with Crippen molar-refractivity contribution in [2.24, 2.45) is 0 Å². The predicted molar refractivity (Wildman–Crippen MR) is 104 cm³/mol. The lowest BCUT2D eigenvalue weighted by molar-refractivity contribution is 0.461. The van der Waals surface area contributed by atoms with Gasteiger partial charge in [0, 0.05) is 10.8 Å². The largest absolute Gasteiger partial charge is 0.658 e. The summed E-state index contributed by atoms with van der Waals surface area (Å²) in [7, 11) is 1.43. The fraction of sp³-hybridized carbons (Fsp3) is 0.0909. The molecule has 0 amide bonds. The quantitative estimate of drug-likeness (QED) is 0.455. The van der Waals surface area contributed by atoms with Crippen LogP contribution in [-0.4, -0.2) is 7.69 Å². The Labute approximate surface area is 148 Å². The topological polar surface area (TPSA) is 18.5 Å². The van der Waals surface area contributed by atoms with E-state index in [9.17, 15) is 0 Å². The summed E-state index contributed by atoms with van der Waals surface area (Å²) in [5.74, 6) is 1.66. The normalized spacial score (nSPS) is 10.8. The molecule has 0 saturated carbocycles. The number of hydrogen-bond acceptors (Lipinski definition) is 2. The molecule has 0 atom stereocenters. The molecule has 1 radical (unpaired) electrons. The van der Waals surface area contributed by atoms with E-state index in [0.717, 1.165) is 44.2 Å². The Bertz CT molecular complexity index is 971. The van der Waals surface area contributed by atoms with Crippen LogP contribution in [0, 0.1) is 13.8 Å². The van der Waals surface area contributed by atoms with Crippen LogP contribution in [-0.2, 0) is 0 Å². The zero-order valence-electron chi connectivity index (χ0n) is 14.3. The summed E-state index contributed by atoms with van der Waals surface area (Å²) in [5.41, 5.74) is 2.15. The molecule has 0 spiro atoms. The van der Waals surface area contributed by atoms with Gasteiger partial charge in [-0.1, -0.05) is 72.8 Å². The van der Waals surface area contributed by atoms with E-state index in [0.29, 0.717) is 0 Å². The van der Waals surface area contributed by atoms with Crippen molar-refractivity contribution in [2.45, 2.75) is 13.8 Å². The van der Waals surface area contributed by atoms with Crippen LogP contribution in [0.5, 0.6) is 11.5 Å². The van der Waals surface area contributed by atoms with Crippen LogP contribution in [0.3, 0.4) is 0 Å². The van der Waals surface area contributed by atoms with Crippen LogP contribution >= 0.6 is 0 Å². The van der Waals surface area contributed by atoms with Crippen molar-refractivity contribution in [1.82, 2.24) is 0 Å². The molecule has 0 fully saturated rings.